The smallest absolute Gasteiger partial charge is 0.223 e. The maximum Gasteiger partial charge on any atom is 0.223 e. The number of pyridine rings is 1. The van der Waals surface area contributed by atoms with Gasteiger partial charge in [0.15, 0.2) is 5.13 Å². The Morgan fingerprint density at radius 1 is 1.24 bits per heavy atom. The zero-order valence-corrected chi connectivity index (χ0v) is 17.0. The third-order valence-electron chi connectivity index (χ3n) is 5.14. The summed E-state index contributed by atoms with van der Waals surface area (Å²) in [5.74, 6) is -0.152. The van der Waals surface area contributed by atoms with Crippen LogP contribution in [0.25, 0.3) is 21.6 Å². The predicted octanol–water partition coefficient (Wildman–Crippen LogP) is 3.48. The van der Waals surface area contributed by atoms with Gasteiger partial charge in [0.1, 0.15) is 16.2 Å². The highest BCUT2D eigenvalue weighted by atomic mass is 32.1. The molecule has 3 heterocycles. The number of anilines is 1. The Labute approximate surface area is 172 Å². The average Bonchev–Trinajstić information content (AvgIpc) is 3.18. The van der Waals surface area contributed by atoms with E-state index in [-0.39, 0.29) is 17.6 Å². The van der Waals surface area contributed by atoms with Crippen LogP contribution >= 0.6 is 11.3 Å². The number of rotatable bonds is 6. The van der Waals surface area contributed by atoms with Crippen molar-refractivity contribution >= 4 is 32.7 Å². The SMILES string of the molecule is COCCNC(=O)C1CCN(c2nc3ccc(-c4ccccc4F)nc3s2)CC1. The quantitative estimate of drug-likeness (QED) is 0.626. The fourth-order valence-corrected chi connectivity index (χ4v) is 4.50. The molecule has 2 aromatic heterocycles. The molecule has 0 atom stereocenters. The summed E-state index contributed by atoms with van der Waals surface area (Å²) in [4.78, 5) is 24.5. The van der Waals surface area contributed by atoms with Crippen molar-refractivity contribution in [2.45, 2.75) is 12.8 Å². The van der Waals surface area contributed by atoms with Gasteiger partial charge in [-0.3, -0.25) is 4.79 Å². The fraction of sp³-hybridized carbons (Fsp3) is 0.381. The van der Waals surface area contributed by atoms with Crippen LogP contribution in [0.2, 0.25) is 0 Å². The van der Waals surface area contributed by atoms with Crippen LogP contribution in [0.4, 0.5) is 9.52 Å². The van der Waals surface area contributed by atoms with Crippen molar-refractivity contribution in [1.82, 2.24) is 15.3 Å². The Kier molecular flexibility index (Phi) is 6.01. The van der Waals surface area contributed by atoms with Crippen LogP contribution in [0.3, 0.4) is 0 Å². The molecule has 1 aliphatic heterocycles. The topological polar surface area (TPSA) is 67.3 Å². The molecule has 0 saturated carbocycles. The second-order valence-corrected chi connectivity index (χ2v) is 8.00. The van der Waals surface area contributed by atoms with E-state index in [1.165, 1.54) is 17.4 Å². The maximum absolute atomic E-state index is 14.1. The molecule has 1 aromatic carbocycles. The number of methoxy groups -OCH3 is 1. The number of nitrogens with one attached hydrogen (secondary N) is 1. The molecule has 0 bridgehead atoms. The largest absolute Gasteiger partial charge is 0.383 e. The number of carbonyl (C=O) groups is 1. The van der Waals surface area contributed by atoms with E-state index in [9.17, 15) is 9.18 Å². The highest BCUT2D eigenvalue weighted by Crippen LogP contribution is 2.32. The van der Waals surface area contributed by atoms with Crippen LogP contribution in [-0.2, 0) is 9.53 Å². The van der Waals surface area contributed by atoms with Gasteiger partial charge in [0.05, 0.1) is 12.3 Å². The number of fused-ring (bicyclic) bond motifs is 1. The van der Waals surface area contributed by atoms with Crippen LogP contribution in [-0.4, -0.2) is 49.2 Å². The van der Waals surface area contributed by atoms with Gasteiger partial charge in [-0.2, -0.15) is 0 Å². The summed E-state index contributed by atoms with van der Waals surface area (Å²) in [6.45, 7) is 2.63. The Balaban J connectivity index is 1.44. The van der Waals surface area contributed by atoms with Crippen molar-refractivity contribution in [3.8, 4) is 11.3 Å². The molecule has 1 N–H and O–H groups in total. The summed E-state index contributed by atoms with van der Waals surface area (Å²) < 4.78 is 19.0. The molecule has 0 unspecified atom stereocenters. The fourth-order valence-electron chi connectivity index (χ4n) is 3.51. The molecular formula is C21H23FN4O2S. The van der Waals surface area contributed by atoms with Gasteiger partial charge >= 0.3 is 0 Å². The average molecular weight is 415 g/mol. The number of benzene rings is 1. The van der Waals surface area contributed by atoms with Crippen molar-refractivity contribution in [3.05, 3.63) is 42.2 Å². The van der Waals surface area contributed by atoms with Gasteiger partial charge in [-0.05, 0) is 37.1 Å². The number of nitrogens with zero attached hydrogens (tertiary/aromatic N) is 3. The summed E-state index contributed by atoms with van der Waals surface area (Å²) in [6, 6.07) is 10.3. The molecule has 3 aromatic rings. The highest BCUT2D eigenvalue weighted by Gasteiger charge is 2.26. The number of carbonyl (C=O) groups excluding carboxylic acids is 1. The van der Waals surface area contributed by atoms with Crippen LogP contribution < -0.4 is 10.2 Å². The number of aromatic nitrogens is 2. The zero-order chi connectivity index (χ0) is 20.2. The summed E-state index contributed by atoms with van der Waals surface area (Å²) in [6.07, 6.45) is 1.59. The molecular weight excluding hydrogens is 391 g/mol. The monoisotopic (exact) mass is 414 g/mol. The van der Waals surface area contributed by atoms with Gasteiger partial charge in [-0.25, -0.2) is 14.4 Å². The van der Waals surface area contributed by atoms with E-state index in [0.717, 1.165) is 41.4 Å². The van der Waals surface area contributed by atoms with Gasteiger partial charge in [0.2, 0.25) is 5.91 Å². The summed E-state index contributed by atoms with van der Waals surface area (Å²) in [5.41, 5.74) is 1.91. The van der Waals surface area contributed by atoms with E-state index in [1.54, 1.807) is 31.4 Å². The first kappa shape index (κ1) is 19.7. The molecule has 0 spiro atoms. The van der Waals surface area contributed by atoms with Crippen molar-refractivity contribution in [3.63, 3.8) is 0 Å². The minimum atomic E-state index is -0.282. The highest BCUT2D eigenvalue weighted by molar-refractivity contribution is 7.21. The molecule has 152 valence electrons. The molecule has 1 fully saturated rings. The van der Waals surface area contributed by atoms with E-state index in [0.29, 0.717) is 24.4 Å². The van der Waals surface area contributed by atoms with Crippen LogP contribution in [0.15, 0.2) is 36.4 Å². The van der Waals surface area contributed by atoms with E-state index in [4.69, 9.17) is 9.72 Å². The second-order valence-electron chi connectivity index (χ2n) is 7.04. The predicted molar refractivity (Wildman–Crippen MR) is 113 cm³/mol. The van der Waals surface area contributed by atoms with E-state index >= 15 is 0 Å². The van der Waals surface area contributed by atoms with Crippen molar-refractivity contribution in [2.24, 2.45) is 5.92 Å². The number of halogens is 1. The standard InChI is InChI=1S/C21H23FN4O2S/c1-28-13-10-23-19(27)14-8-11-26(12-9-14)21-25-18-7-6-17(24-20(18)29-21)15-4-2-3-5-16(15)22/h2-7,14H,8-13H2,1H3,(H,23,27). The summed E-state index contributed by atoms with van der Waals surface area (Å²) >= 11 is 1.51. The lowest BCUT2D eigenvalue weighted by Gasteiger charge is -2.30. The minimum Gasteiger partial charge on any atom is -0.383 e. The molecule has 1 saturated heterocycles. The van der Waals surface area contributed by atoms with Gasteiger partial charge < -0.3 is 15.0 Å². The third kappa shape index (κ3) is 4.38. The molecule has 1 amide bonds. The molecule has 4 rings (SSSR count). The molecule has 1 aliphatic rings. The Bertz CT molecular complexity index is 1000. The van der Waals surface area contributed by atoms with Crippen molar-refractivity contribution in [2.75, 3.05) is 38.3 Å². The van der Waals surface area contributed by atoms with E-state index in [1.807, 2.05) is 6.07 Å². The van der Waals surface area contributed by atoms with Gasteiger partial charge in [0, 0.05) is 38.2 Å². The lowest BCUT2D eigenvalue weighted by Crippen LogP contribution is -2.41. The number of ether oxygens (including phenoxy) is 1. The number of amides is 1. The molecule has 6 nitrogen and oxygen atoms in total. The minimum absolute atomic E-state index is 0.0308. The molecule has 0 radical (unpaired) electrons. The Morgan fingerprint density at radius 2 is 2.03 bits per heavy atom. The first-order valence-corrected chi connectivity index (χ1v) is 10.5. The van der Waals surface area contributed by atoms with Crippen LogP contribution in [0, 0.1) is 11.7 Å². The Hall–Kier alpha value is -2.58. The number of thiazole rings is 1. The maximum atomic E-state index is 14.1. The Morgan fingerprint density at radius 3 is 2.79 bits per heavy atom. The summed E-state index contributed by atoms with van der Waals surface area (Å²) in [5, 5.41) is 3.82. The zero-order valence-electron chi connectivity index (χ0n) is 16.2. The lowest BCUT2D eigenvalue weighted by molar-refractivity contribution is -0.125. The van der Waals surface area contributed by atoms with Gasteiger partial charge in [-0.15, -0.1) is 0 Å². The number of piperidine rings is 1. The third-order valence-corrected chi connectivity index (χ3v) is 6.16. The number of hydrogen-bond donors (Lipinski definition) is 1. The molecule has 29 heavy (non-hydrogen) atoms. The number of hydrogen-bond acceptors (Lipinski definition) is 6. The van der Waals surface area contributed by atoms with E-state index in [2.05, 4.69) is 15.2 Å². The van der Waals surface area contributed by atoms with Crippen LogP contribution in [0.1, 0.15) is 12.8 Å². The molecule has 8 heteroatoms. The molecule has 0 aliphatic carbocycles. The van der Waals surface area contributed by atoms with Crippen molar-refractivity contribution < 1.29 is 13.9 Å². The normalized spacial score (nSPS) is 15.0. The first-order valence-electron chi connectivity index (χ1n) is 9.70. The lowest BCUT2D eigenvalue weighted by atomic mass is 9.96. The van der Waals surface area contributed by atoms with E-state index < -0.39 is 0 Å². The van der Waals surface area contributed by atoms with Gasteiger partial charge in [0.25, 0.3) is 0 Å². The second kappa shape index (κ2) is 8.84. The summed E-state index contributed by atoms with van der Waals surface area (Å²) in [7, 11) is 1.62. The first-order chi connectivity index (χ1) is 14.2. The van der Waals surface area contributed by atoms with Crippen molar-refractivity contribution in [1.29, 1.82) is 0 Å². The van der Waals surface area contributed by atoms with Gasteiger partial charge in [-0.1, -0.05) is 23.5 Å². The van der Waals surface area contributed by atoms with Crippen LogP contribution in [0.5, 0.6) is 0 Å².